The van der Waals surface area contributed by atoms with Gasteiger partial charge in [-0.15, -0.1) is 0 Å². The number of nitrogens with zero attached hydrogens (tertiary/aromatic N) is 1. The first-order chi connectivity index (χ1) is 11.9. The Morgan fingerprint density at radius 1 is 1.15 bits per heavy atom. The summed E-state index contributed by atoms with van der Waals surface area (Å²) in [6.45, 7) is 15.2. The smallest absolute Gasteiger partial charge is 0.191 e. The van der Waals surface area contributed by atoms with Crippen molar-refractivity contribution in [2.24, 2.45) is 27.7 Å². The zero-order valence-corrected chi connectivity index (χ0v) is 18.4. The van der Waals surface area contributed by atoms with Crippen LogP contribution < -0.4 is 10.6 Å². The number of nitrogens with one attached hydrogen (secondary N) is 2. The molecule has 2 aliphatic rings. The van der Waals surface area contributed by atoms with E-state index < -0.39 is 9.84 Å². The third kappa shape index (κ3) is 7.09. The molecule has 1 aliphatic carbocycles. The Balaban J connectivity index is 1.99. The Labute approximate surface area is 160 Å². The van der Waals surface area contributed by atoms with Crippen molar-refractivity contribution in [1.29, 1.82) is 0 Å². The highest BCUT2D eigenvalue weighted by Gasteiger charge is 2.38. The van der Waals surface area contributed by atoms with E-state index in [-0.39, 0.29) is 5.92 Å². The monoisotopic (exact) mass is 385 g/mol. The predicted molar refractivity (Wildman–Crippen MR) is 110 cm³/mol. The van der Waals surface area contributed by atoms with E-state index in [4.69, 9.17) is 4.99 Å². The third-order valence-electron chi connectivity index (χ3n) is 5.40. The molecule has 0 aromatic heterocycles. The molecule has 26 heavy (non-hydrogen) atoms. The molecule has 1 heterocycles. The van der Waals surface area contributed by atoms with Crippen molar-refractivity contribution < 1.29 is 8.42 Å². The Bertz CT molecular complexity index is 593. The van der Waals surface area contributed by atoms with Crippen LogP contribution in [0.2, 0.25) is 0 Å². The molecule has 1 unspecified atom stereocenters. The minimum Gasteiger partial charge on any atom is -0.356 e. The number of hydrogen-bond donors (Lipinski definition) is 2. The van der Waals surface area contributed by atoms with Crippen molar-refractivity contribution in [2.75, 3.05) is 24.6 Å². The summed E-state index contributed by atoms with van der Waals surface area (Å²) < 4.78 is 23.4. The van der Waals surface area contributed by atoms with Gasteiger partial charge in [-0.25, -0.2) is 8.42 Å². The van der Waals surface area contributed by atoms with Gasteiger partial charge in [0.1, 0.15) is 0 Å². The largest absolute Gasteiger partial charge is 0.356 e. The van der Waals surface area contributed by atoms with E-state index in [2.05, 4.69) is 52.2 Å². The van der Waals surface area contributed by atoms with Crippen LogP contribution in [0.15, 0.2) is 4.99 Å². The number of rotatable bonds is 5. The van der Waals surface area contributed by atoms with E-state index in [0.29, 0.717) is 40.8 Å². The van der Waals surface area contributed by atoms with E-state index in [9.17, 15) is 8.42 Å². The normalized spacial score (nSPS) is 28.3. The molecule has 0 radical (unpaired) electrons. The van der Waals surface area contributed by atoms with E-state index in [0.717, 1.165) is 31.8 Å². The standard InChI is InChI=1S/C20H39N3O2S/c1-15(2)11-21-18(22-12-16-7-8-26(24,25)13-16)23-17-9-19(3,4)14-20(5,6)10-17/h15-17H,7-14H2,1-6H3,(H2,21,22,23). The van der Waals surface area contributed by atoms with E-state index in [1.807, 2.05) is 0 Å². The second kappa shape index (κ2) is 8.07. The lowest BCUT2D eigenvalue weighted by Gasteiger charge is -2.45. The van der Waals surface area contributed by atoms with Crippen molar-refractivity contribution in [3.63, 3.8) is 0 Å². The number of aliphatic imine (C=N–C) groups is 1. The van der Waals surface area contributed by atoms with Crippen molar-refractivity contribution in [3.8, 4) is 0 Å². The van der Waals surface area contributed by atoms with Gasteiger partial charge in [0.2, 0.25) is 0 Å². The molecule has 1 aliphatic heterocycles. The second-order valence-corrected chi connectivity index (χ2v) is 12.7. The minimum atomic E-state index is -2.83. The lowest BCUT2D eigenvalue weighted by molar-refractivity contribution is 0.0918. The van der Waals surface area contributed by atoms with Gasteiger partial charge in [0.25, 0.3) is 0 Å². The molecule has 0 spiro atoms. The van der Waals surface area contributed by atoms with Crippen LogP contribution in [0.4, 0.5) is 0 Å². The maximum atomic E-state index is 11.7. The highest BCUT2D eigenvalue weighted by atomic mass is 32.2. The highest BCUT2D eigenvalue weighted by Crippen LogP contribution is 2.45. The van der Waals surface area contributed by atoms with E-state index in [1.165, 1.54) is 6.42 Å². The molecule has 152 valence electrons. The highest BCUT2D eigenvalue weighted by molar-refractivity contribution is 7.91. The molecular formula is C20H39N3O2S. The van der Waals surface area contributed by atoms with Crippen LogP contribution in [0.5, 0.6) is 0 Å². The fourth-order valence-corrected chi connectivity index (χ4v) is 6.70. The van der Waals surface area contributed by atoms with E-state index >= 15 is 0 Å². The Kier molecular flexibility index (Phi) is 6.68. The van der Waals surface area contributed by atoms with Gasteiger partial charge in [-0.1, -0.05) is 41.5 Å². The predicted octanol–water partition coefficient (Wildman–Crippen LogP) is 3.22. The SMILES string of the molecule is CC(C)CN=C(NCC1CCS(=O)(=O)C1)NC1CC(C)(C)CC(C)(C)C1. The summed E-state index contributed by atoms with van der Waals surface area (Å²) in [6, 6.07) is 0.402. The van der Waals surface area contributed by atoms with Crippen molar-refractivity contribution in [1.82, 2.24) is 10.6 Å². The molecule has 6 heteroatoms. The van der Waals surface area contributed by atoms with Gasteiger partial charge in [-0.05, 0) is 48.3 Å². The Morgan fingerprint density at radius 2 is 1.77 bits per heavy atom. The molecular weight excluding hydrogens is 346 g/mol. The second-order valence-electron chi connectivity index (χ2n) is 10.5. The molecule has 1 saturated heterocycles. The molecule has 1 saturated carbocycles. The average Bonchev–Trinajstić information content (AvgIpc) is 2.77. The van der Waals surface area contributed by atoms with Crippen LogP contribution in [0.1, 0.15) is 67.2 Å². The van der Waals surface area contributed by atoms with E-state index in [1.54, 1.807) is 0 Å². The van der Waals surface area contributed by atoms with Gasteiger partial charge in [-0.2, -0.15) is 0 Å². The quantitative estimate of drug-likeness (QED) is 0.563. The first-order valence-corrected chi connectivity index (χ1v) is 11.9. The number of guanidine groups is 1. The van der Waals surface area contributed by atoms with Gasteiger partial charge >= 0.3 is 0 Å². The van der Waals surface area contributed by atoms with Crippen molar-refractivity contribution in [3.05, 3.63) is 0 Å². The summed E-state index contributed by atoms with van der Waals surface area (Å²) >= 11 is 0. The molecule has 2 fully saturated rings. The summed E-state index contributed by atoms with van der Waals surface area (Å²) in [4.78, 5) is 4.76. The van der Waals surface area contributed by atoms with Gasteiger partial charge < -0.3 is 10.6 Å². The van der Waals surface area contributed by atoms with Crippen LogP contribution in [0, 0.1) is 22.7 Å². The Morgan fingerprint density at radius 3 is 2.27 bits per heavy atom. The first kappa shape index (κ1) is 21.5. The molecule has 2 N–H and O–H groups in total. The molecule has 0 bridgehead atoms. The van der Waals surface area contributed by atoms with Gasteiger partial charge in [0.05, 0.1) is 11.5 Å². The molecule has 1 atom stereocenters. The molecule has 0 aromatic carbocycles. The van der Waals surface area contributed by atoms with Crippen LogP contribution in [-0.4, -0.2) is 45.0 Å². The van der Waals surface area contributed by atoms with Gasteiger partial charge in [0, 0.05) is 19.1 Å². The van der Waals surface area contributed by atoms with Crippen LogP contribution in [-0.2, 0) is 9.84 Å². The van der Waals surface area contributed by atoms with Crippen LogP contribution in [0.25, 0.3) is 0 Å². The zero-order chi connectivity index (χ0) is 19.6. The maximum absolute atomic E-state index is 11.7. The maximum Gasteiger partial charge on any atom is 0.191 e. The number of sulfone groups is 1. The fourth-order valence-electron chi connectivity index (χ4n) is 4.84. The first-order valence-electron chi connectivity index (χ1n) is 10.1. The summed E-state index contributed by atoms with van der Waals surface area (Å²) in [5.74, 6) is 2.18. The average molecular weight is 386 g/mol. The van der Waals surface area contributed by atoms with Crippen LogP contribution in [0.3, 0.4) is 0 Å². The summed E-state index contributed by atoms with van der Waals surface area (Å²) in [5.41, 5.74) is 0.643. The minimum absolute atomic E-state index is 0.199. The van der Waals surface area contributed by atoms with Crippen molar-refractivity contribution in [2.45, 2.75) is 73.3 Å². The summed E-state index contributed by atoms with van der Waals surface area (Å²) in [5, 5.41) is 7.09. The lowest BCUT2D eigenvalue weighted by Crippen LogP contribution is -2.50. The van der Waals surface area contributed by atoms with Crippen molar-refractivity contribution >= 4 is 15.8 Å². The topological polar surface area (TPSA) is 70.6 Å². The van der Waals surface area contributed by atoms with Gasteiger partial charge in [0.15, 0.2) is 15.8 Å². The summed E-state index contributed by atoms with van der Waals surface area (Å²) in [6.07, 6.45) is 4.27. The molecule has 5 nitrogen and oxygen atoms in total. The number of hydrogen-bond acceptors (Lipinski definition) is 3. The summed E-state index contributed by atoms with van der Waals surface area (Å²) in [7, 11) is -2.83. The third-order valence-corrected chi connectivity index (χ3v) is 7.23. The molecule has 0 amide bonds. The lowest BCUT2D eigenvalue weighted by atomic mass is 9.63. The van der Waals surface area contributed by atoms with Crippen LogP contribution >= 0.6 is 0 Å². The van der Waals surface area contributed by atoms with Gasteiger partial charge in [-0.3, -0.25) is 4.99 Å². The fraction of sp³-hybridized carbons (Fsp3) is 0.950. The molecule has 0 aromatic rings. The molecule has 2 rings (SSSR count). The Hall–Kier alpha value is -0.780. The zero-order valence-electron chi connectivity index (χ0n) is 17.6.